The Morgan fingerprint density at radius 2 is 1.91 bits per heavy atom. The molecule has 0 bridgehead atoms. The van der Waals surface area contributed by atoms with E-state index in [1.807, 2.05) is 18.2 Å². The van der Waals surface area contributed by atoms with Gasteiger partial charge in [0.05, 0.1) is 71.5 Å². The molecule has 7 rings (SSSR count). The number of amides is 1. The fraction of sp³-hybridized carbons (Fsp3) is 0.424. The van der Waals surface area contributed by atoms with Crippen LogP contribution in [0.4, 0.5) is 0 Å². The molecule has 2 N–H and O–H groups in total. The number of ether oxygens (including phenoxy) is 1. The molecule has 46 heavy (non-hydrogen) atoms. The van der Waals surface area contributed by atoms with Crippen LogP contribution in [0.3, 0.4) is 0 Å². The van der Waals surface area contributed by atoms with Gasteiger partial charge in [0.1, 0.15) is 5.82 Å². The van der Waals surface area contributed by atoms with Crippen LogP contribution in [0.1, 0.15) is 55.1 Å². The van der Waals surface area contributed by atoms with Crippen molar-refractivity contribution in [3.63, 3.8) is 0 Å². The van der Waals surface area contributed by atoms with Crippen molar-refractivity contribution in [1.29, 1.82) is 0 Å². The van der Waals surface area contributed by atoms with Crippen LogP contribution in [0.5, 0.6) is 0 Å². The number of carbonyl (C=O) groups is 1. The Morgan fingerprint density at radius 1 is 1.13 bits per heavy atom. The van der Waals surface area contributed by atoms with Crippen LogP contribution in [-0.2, 0) is 17.7 Å². The molecule has 2 fully saturated rings. The molecular formula is C33H36ClN9O3. The summed E-state index contributed by atoms with van der Waals surface area (Å²) in [6.45, 7) is 10.1. The van der Waals surface area contributed by atoms with E-state index in [1.165, 1.54) is 18.6 Å². The van der Waals surface area contributed by atoms with Gasteiger partial charge in [-0.1, -0.05) is 38.4 Å². The second-order valence-corrected chi connectivity index (χ2v) is 13.3. The molecule has 1 amide bonds. The van der Waals surface area contributed by atoms with Crippen LogP contribution in [-0.4, -0.2) is 77.4 Å². The summed E-state index contributed by atoms with van der Waals surface area (Å²) in [5.41, 5.74) is 10.2. The highest BCUT2D eigenvalue weighted by atomic mass is 35.5. The summed E-state index contributed by atoms with van der Waals surface area (Å²) in [7, 11) is 0. The van der Waals surface area contributed by atoms with Crippen molar-refractivity contribution < 1.29 is 9.53 Å². The molecule has 0 spiro atoms. The third kappa shape index (κ3) is 5.54. The van der Waals surface area contributed by atoms with E-state index in [0.717, 1.165) is 49.3 Å². The van der Waals surface area contributed by atoms with E-state index >= 15 is 0 Å². The van der Waals surface area contributed by atoms with Gasteiger partial charge in [-0.3, -0.25) is 19.1 Å². The minimum atomic E-state index is -0.546. The largest absolute Gasteiger partial charge is 0.378 e. The summed E-state index contributed by atoms with van der Waals surface area (Å²) in [6.07, 6.45) is 7.60. The number of aromatic nitrogens is 7. The lowest BCUT2D eigenvalue weighted by Gasteiger charge is -2.44. The van der Waals surface area contributed by atoms with E-state index in [1.54, 1.807) is 10.8 Å². The zero-order chi connectivity index (χ0) is 32.1. The Hall–Kier alpha value is -4.26. The van der Waals surface area contributed by atoms with E-state index in [9.17, 15) is 9.59 Å². The van der Waals surface area contributed by atoms with Crippen molar-refractivity contribution >= 4 is 39.6 Å². The molecule has 5 aromatic rings. The van der Waals surface area contributed by atoms with Gasteiger partial charge < -0.3 is 10.5 Å². The lowest BCUT2D eigenvalue weighted by atomic mass is 9.91. The summed E-state index contributed by atoms with van der Waals surface area (Å²) in [6, 6.07) is 6.26. The number of pyridine rings is 1. The number of benzene rings is 1. The first-order valence-corrected chi connectivity index (χ1v) is 16.0. The van der Waals surface area contributed by atoms with Crippen molar-refractivity contribution in [1.82, 2.24) is 39.2 Å². The number of piperidine rings is 1. The minimum absolute atomic E-state index is 0.149. The normalized spacial score (nSPS) is 19.2. The third-order valence-electron chi connectivity index (χ3n) is 9.12. The molecule has 13 heteroatoms. The number of fused-ring (bicyclic) bond motifs is 2. The van der Waals surface area contributed by atoms with E-state index in [-0.39, 0.29) is 24.1 Å². The van der Waals surface area contributed by atoms with Crippen LogP contribution < -0.4 is 11.3 Å². The van der Waals surface area contributed by atoms with Crippen molar-refractivity contribution in [3.8, 4) is 11.1 Å². The number of nitrogens with zero attached hydrogens (tertiary/aromatic N) is 8. The predicted molar refractivity (Wildman–Crippen MR) is 175 cm³/mol. The Bertz CT molecular complexity index is 2000. The van der Waals surface area contributed by atoms with Gasteiger partial charge in [-0.05, 0) is 42.4 Å². The topological polar surface area (TPSA) is 147 Å². The molecule has 6 heterocycles. The minimum Gasteiger partial charge on any atom is -0.378 e. The van der Waals surface area contributed by atoms with Crippen molar-refractivity contribution in [2.75, 3.05) is 26.3 Å². The summed E-state index contributed by atoms with van der Waals surface area (Å²) in [5.74, 6) is 0.483. The Kier molecular flexibility index (Phi) is 8.04. The summed E-state index contributed by atoms with van der Waals surface area (Å²) in [5, 5.41) is 6.07. The van der Waals surface area contributed by atoms with Crippen molar-refractivity contribution in [3.05, 3.63) is 75.4 Å². The number of halogens is 1. The Morgan fingerprint density at radius 3 is 2.59 bits per heavy atom. The first-order chi connectivity index (χ1) is 22.2. The molecule has 2 saturated heterocycles. The van der Waals surface area contributed by atoms with E-state index in [4.69, 9.17) is 32.2 Å². The Balaban J connectivity index is 1.35. The van der Waals surface area contributed by atoms with Gasteiger partial charge in [0, 0.05) is 36.4 Å². The van der Waals surface area contributed by atoms with Crippen LogP contribution >= 0.6 is 11.6 Å². The van der Waals surface area contributed by atoms with Crippen LogP contribution in [0.2, 0.25) is 5.02 Å². The average Bonchev–Trinajstić information content (AvgIpc) is 3.40. The summed E-state index contributed by atoms with van der Waals surface area (Å²) in [4.78, 5) is 46.7. The van der Waals surface area contributed by atoms with Gasteiger partial charge in [0.15, 0.2) is 5.65 Å². The average molecular weight is 642 g/mol. The van der Waals surface area contributed by atoms with Gasteiger partial charge in [0.25, 0.3) is 11.5 Å². The molecular weight excluding hydrogens is 606 g/mol. The molecule has 2 atom stereocenters. The number of hydrogen-bond donors (Lipinski definition) is 1. The molecule has 0 radical (unpaired) electrons. The van der Waals surface area contributed by atoms with Crippen LogP contribution in [0.25, 0.3) is 33.2 Å². The van der Waals surface area contributed by atoms with Crippen LogP contribution in [0, 0.1) is 11.8 Å². The third-order valence-corrected chi connectivity index (χ3v) is 9.31. The maximum atomic E-state index is 13.2. The SMILES string of the molecule is CC(C)Cc1nc2c(cnn2[C@@H]2CCN(C3COC3)C[C@H]2C)c(-c2ccc3c(c2)ncc(=O)n3Cc2ncc(Cl)cn2)c1C(N)=O. The van der Waals surface area contributed by atoms with Gasteiger partial charge in [-0.2, -0.15) is 5.10 Å². The summed E-state index contributed by atoms with van der Waals surface area (Å²) < 4.78 is 9.06. The molecule has 0 unspecified atom stereocenters. The number of likely N-dealkylation sites (tertiary alicyclic amines) is 1. The van der Waals surface area contributed by atoms with Crippen molar-refractivity contribution in [2.24, 2.45) is 17.6 Å². The molecule has 0 aliphatic carbocycles. The first-order valence-electron chi connectivity index (χ1n) is 15.7. The lowest BCUT2D eigenvalue weighted by Crippen LogP contribution is -2.54. The second-order valence-electron chi connectivity index (χ2n) is 12.8. The highest BCUT2D eigenvalue weighted by Gasteiger charge is 2.35. The predicted octanol–water partition coefficient (Wildman–Crippen LogP) is 3.88. The highest BCUT2D eigenvalue weighted by molar-refractivity contribution is 6.30. The maximum Gasteiger partial charge on any atom is 0.269 e. The van der Waals surface area contributed by atoms with Crippen molar-refractivity contribution in [2.45, 2.75) is 52.2 Å². The molecule has 2 aliphatic heterocycles. The zero-order valence-electron chi connectivity index (χ0n) is 26.1. The first kappa shape index (κ1) is 30.4. The number of hydrogen-bond acceptors (Lipinski definition) is 9. The fourth-order valence-electron chi connectivity index (χ4n) is 6.79. The van der Waals surface area contributed by atoms with E-state index in [0.29, 0.717) is 57.1 Å². The highest BCUT2D eigenvalue weighted by Crippen LogP contribution is 2.38. The van der Waals surface area contributed by atoms with Crippen LogP contribution in [0.15, 0.2) is 47.8 Å². The summed E-state index contributed by atoms with van der Waals surface area (Å²) >= 11 is 5.96. The lowest BCUT2D eigenvalue weighted by molar-refractivity contribution is -0.0805. The molecule has 0 saturated carbocycles. The maximum absolute atomic E-state index is 13.2. The molecule has 1 aromatic carbocycles. The fourth-order valence-corrected chi connectivity index (χ4v) is 6.89. The second kappa shape index (κ2) is 12.2. The number of carbonyl (C=O) groups excluding carboxylic acids is 1. The smallest absolute Gasteiger partial charge is 0.269 e. The van der Waals surface area contributed by atoms with Gasteiger partial charge in [-0.15, -0.1) is 0 Å². The van der Waals surface area contributed by atoms with Gasteiger partial charge in [0.2, 0.25) is 0 Å². The van der Waals surface area contributed by atoms with Gasteiger partial charge >= 0.3 is 0 Å². The quantitative estimate of drug-likeness (QED) is 0.267. The monoisotopic (exact) mass is 641 g/mol. The number of nitrogens with two attached hydrogens (primary N) is 1. The standard InChI is InChI=1S/C33H36ClN9O3/c1-18(2)8-25-31(32(35)45)30(23-12-39-43(33(23)40-25)26-6-7-41(14-19(26)3)22-16-46-17-22)20-4-5-27-24(9-20)36-13-29(44)42(27)15-28-37-10-21(34)11-38-28/h4-5,9-13,18-19,22,26H,6-8,14-17H2,1-3H3,(H2,35,45)/t19-,26-/m1/s1. The Labute approximate surface area is 270 Å². The number of primary amides is 1. The number of rotatable bonds is 8. The van der Waals surface area contributed by atoms with E-state index in [2.05, 4.69) is 45.3 Å². The molecule has 12 nitrogen and oxygen atoms in total. The molecule has 2 aliphatic rings. The molecule has 4 aromatic heterocycles. The molecule has 238 valence electrons. The van der Waals surface area contributed by atoms with Gasteiger partial charge in [-0.25, -0.2) is 24.6 Å². The van der Waals surface area contributed by atoms with E-state index < -0.39 is 5.91 Å². The zero-order valence-corrected chi connectivity index (χ0v) is 26.8.